The molecule has 1 N–H and O–H groups in total. The van der Waals surface area contributed by atoms with Crippen molar-refractivity contribution in [3.63, 3.8) is 0 Å². The summed E-state index contributed by atoms with van der Waals surface area (Å²) < 4.78 is 5.22. The number of aliphatic hydroxyl groups is 1. The molecule has 1 aliphatic heterocycles. The van der Waals surface area contributed by atoms with E-state index in [4.69, 9.17) is 9.84 Å². The number of hydrogen-bond acceptors (Lipinski definition) is 3. The van der Waals surface area contributed by atoms with Gasteiger partial charge in [-0.25, -0.2) is 0 Å². The van der Waals surface area contributed by atoms with Crippen LogP contribution in [0.5, 0.6) is 0 Å². The summed E-state index contributed by atoms with van der Waals surface area (Å²) in [5.41, 5.74) is -0.222. The molecule has 1 saturated heterocycles. The normalized spacial score (nSPS) is 23.8. The topological polar surface area (TPSA) is 46.5 Å². The Hall–Kier alpha value is -0.410. The second kappa shape index (κ2) is 4.72. The third-order valence-electron chi connectivity index (χ3n) is 2.81. The average molecular weight is 186 g/mol. The van der Waals surface area contributed by atoms with Crippen molar-refractivity contribution in [1.82, 2.24) is 0 Å². The number of rotatable bonds is 4. The minimum atomic E-state index is -0.222. The van der Waals surface area contributed by atoms with Crippen LogP contribution in [0.3, 0.4) is 0 Å². The van der Waals surface area contributed by atoms with Crippen LogP contribution < -0.4 is 0 Å². The Bertz CT molecular complexity index is 162. The van der Waals surface area contributed by atoms with E-state index in [1.54, 1.807) is 0 Å². The summed E-state index contributed by atoms with van der Waals surface area (Å²) in [4.78, 5) is 11.0. The standard InChI is InChI=1S/C10H18O3/c1-9(7-11)6-10(8-12)2-4-13-5-3-10/h8-9,11H,2-7H2,1H3. The molecular weight excluding hydrogens is 168 g/mol. The number of hydrogen-bond donors (Lipinski definition) is 1. The minimum Gasteiger partial charge on any atom is -0.396 e. The monoisotopic (exact) mass is 186 g/mol. The second-order valence-corrected chi connectivity index (χ2v) is 4.08. The molecule has 0 amide bonds. The van der Waals surface area contributed by atoms with E-state index in [2.05, 4.69) is 0 Å². The maximum Gasteiger partial charge on any atom is 0.126 e. The van der Waals surface area contributed by atoms with Crippen LogP contribution in [0.25, 0.3) is 0 Å². The highest BCUT2D eigenvalue weighted by atomic mass is 16.5. The van der Waals surface area contributed by atoms with Gasteiger partial charge in [0.25, 0.3) is 0 Å². The third-order valence-corrected chi connectivity index (χ3v) is 2.81. The lowest BCUT2D eigenvalue weighted by atomic mass is 9.75. The van der Waals surface area contributed by atoms with E-state index in [9.17, 15) is 4.79 Å². The zero-order chi connectivity index (χ0) is 9.73. The van der Waals surface area contributed by atoms with Gasteiger partial charge in [0.2, 0.25) is 0 Å². The van der Waals surface area contributed by atoms with E-state index in [1.807, 2.05) is 6.92 Å². The number of carbonyl (C=O) groups is 1. The Kier molecular flexibility index (Phi) is 3.88. The van der Waals surface area contributed by atoms with Crippen molar-refractivity contribution in [2.75, 3.05) is 19.8 Å². The van der Waals surface area contributed by atoms with Gasteiger partial charge in [-0.1, -0.05) is 6.92 Å². The fourth-order valence-electron chi connectivity index (χ4n) is 1.91. The maximum atomic E-state index is 11.0. The van der Waals surface area contributed by atoms with Crippen LogP contribution in [-0.4, -0.2) is 31.2 Å². The first kappa shape index (κ1) is 10.7. The summed E-state index contributed by atoms with van der Waals surface area (Å²) in [6, 6.07) is 0. The molecule has 0 radical (unpaired) electrons. The summed E-state index contributed by atoms with van der Waals surface area (Å²) in [6.07, 6.45) is 3.46. The van der Waals surface area contributed by atoms with Gasteiger partial charge in [0.1, 0.15) is 6.29 Å². The summed E-state index contributed by atoms with van der Waals surface area (Å²) >= 11 is 0. The Labute approximate surface area is 79.1 Å². The van der Waals surface area contributed by atoms with E-state index >= 15 is 0 Å². The SMILES string of the molecule is CC(CO)CC1(C=O)CCOCC1. The van der Waals surface area contributed by atoms with Crippen molar-refractivity contribution in [1.29, 1.82) is 0 Å². The molecular formula is C10H18O3. The summed E-state index contributed by atoms with van der Waals surface area (Å²) in [7, 11) is 0. The lowest BCUT2D eigenvalue weighted by Gasteiger charge is -2.33. The smallest absolute Gasteiger partial charge is 0.126 e. The predicted octanol–water partition coefficient (Wildman–Crippen LogP) is 1.00. The van der Waals surface area contributed by atoms with Gasteiger partial charge >= 0.3 is 0 Å². The summed E-state index contributed by atoms with van der Waals surface area (Å²) in [5.74, 6) is 0.211. The molecule has 1 fully saturated rings. The van der Waals surface area contributed by atoms with Crippen molar-refractivity contribution in [3.8, 4) is 0 Å². The molecule has 0 saturated carbocycles. The van der Waals surface area contributed by atoms with Crippen LogP contribution in [0.15, 0.2) is 0 Å². The van der Waals surface area contributed by atoms with Crippen LogP contribution in [-0.2, 0) is 9.53 Å². The van der Waals surface area contributed by atoms with Gasteiger partial charge in [0.05, 0.1) is 0 Å². The molecule has 3 heteroatoms. The van der Waals surface area contributed by atoms with Crippen LogP contribution >= 0.6 is 0 Å². The lowest BCUT2D eigenvalue weighted by molar-refractivity contribution is -0.123. The number of ether oxygens (including phenoxy) is 1. The van der Waals surface area contributed by atoms with Gasteiger partial charge in [-0.05, 0) is 25.2 Å². The molecule has 3 nitrogen and oxygen atoms in total. The molecule has 0 bridgehead atoms. The van der Waals surface area contributed by atoms with Crippen molar-refractivity contribution in [3.05, 3.63) is 0 Å². The van der Waals surface area contributed by atoms with Crippen molar-refractivity contribution in [2.45, 2.75) is 26.2 Å². The Morgan fingerprint density at radius 1 is 1.54 bits per heavy atom. The average Bonchev–Trinajstić information content (AvgIpc) is 2.19. The zero-order valence-electron chi connectivity index (χ0n) is 8.16. The second-order valence-electron chi connectivity index (χ2n) is 4.08. The van der Waals surface area contributed by atoms with Crippen molar-refractivity contribution < 1.29 is 14.6 Å². The zero-order valence-corrected chi connectivity index (χ0v) is 8.16. The molecule has 0 spiro atoms. The maximum absolute atomic E-state index is 11.0. The third kappa shape index (κ3) is 2.78. The molecule has 1 unspecified atom stereocenters. The van der Waals surface area contributed by atoms with E-state index in [-0.39, 0.29) is 17.9 Å². The highest BCUT2D eigenvalue weighted by Crippen LogP contribution is 2.34. The van der Waals surface area contributed by atoms with Gasteiger partial charge in [0, 0.05) is 25.2 Å². The molecule has 0 aromatic heterocycles. The highest BCUT2D eigenvalue weighted by Gasteiger charge is 2.33. The van der Waals surface area contributed by atoms with E-state index in [0.29, 0.717) is 13.2 Å². The molecule has 0 aliphatic carbocycles. The molecule has 0 aromatic carbocycles. The number of carbonyl (C=O) groups excluding carboxylic acids is 1. The highest BCUT2D eigenvalue weighted by molar-refractivity contribution is 5.59. The van der Waals surface area contributed by atoms with Crippen molar-refractivity contribution in [2.24, 2.45) is 11.3 Å². The quantitative estimate of drug-likeness (QED) is 0.666. The molecule has 13 heavy (non-hydrogen) atoms. The fourth-order valence-corrected chi connectivity index (χ4v) is 1.91. The molecule has 0 aromatic rings. The van der Waals surface area contributed by atoms with Crippen LogP contribution in [0, 0.1) is 11.3 Å². The Morgan fingerprint density at radius 3 is 2.62 bits per heavy atom. The predicted molar refractivity (Wildman–Crippen MR) is 49.4 cm³/mol. The van der Waals surface area contributed by atoms with Gasteiger partial charge in [0.15, 0.2) is 0 Å². The number of aldehydes is 1. The molecule has 1 aliphatic rings. The Balaban J connectivity index is 2.52. The summed E-state index contributed by atoms with van der Waals surface area (Å²) in [6.45, 7) is 3.49. The number of aliphatic hydroxyl groups excluding tert-OH is 1. The molecule has 1 rings (SSSR count). The largest absolute Gasteiger partial charge is 0.396 e. The molecule has 1 atom stereocenters. The molecule has 1 heterocycles. The van der Waals surface area contributed by atoms with Gasteiger partial charge in [-0.3, -0.25) is 0 Å². The van der Waals surface area contributed by atoms with Gasteiger partial charge in [-0.15, -0.1) is 0 Å². The van der Waals surface area contributed by atoms with Crippen LogP contribution in [0.4, 0.5) is 0 Å². The van der Waals surface area contributed by atoms with E-state index in [0.717, 1.165) is 25.5 Å². The molecule has 76 valence electrons. The first-order valence-corrected chi connectivity index (χ1v) is 4.87. The fraction of sp³-hybridized carbons (Fsp3) is 0.900. The first-order valence-electron chi connectivity index (χ1n) is 4.87. The van der Waals surface area contributed by atoms with Crippen LogP contribution in [0.2, 0.25) is 0 Å². The van der Waals surface area contributed by atoms with Crippen LogP contribution in [0.1, 0.15) is 26.2 Å². The minimum absolute atomic E-state index is 0.163. The van der Waals surface area contributed by atoms with Crippen molar-refractivity contribution >= 4 is 6.29 Å². The van der Waals surface area contributed by atoms with E-state index < -0.39 is 0 Å². The van der Waals surface area contributed by atoms with E-state index in [1.165, 1.54) is 0 Å². The first-order chi connectivity index (χ1) is 6.22. The lowest BCUT2D eigenvalue weighted by Crippen LogP contribution is -2.33. The van der Waals surface area contributed by atoms with Gasteiger partial charge in [-0.2, -0.15) is 0 Å². The van der Waals surface area contributed by atoms with Gasteiger partial charge < -0.3 is 14.6 Å². The Morgan fingerprint density at radius 2 is 2.15 bits per heavy atom. The summed E-state index contributed by atoms with van der Waals surface area (Å²) in [5, 5.41) is 8.93.